The molecular formula is C16H20F2IN7O. The maximum absolute atomic E-state index is 12.2. The molecule has 0 atom stereocenters. The molecule has 11 heteroatoms. The first-order valence-electron chi connectivity index (χ1n) is 8.08. The molecule has 0 spiro atoms. The quantitative estimate of drug-likeness (QED) is 0.387. The normalized spacial score (nSPS) is 14.9. The second kappa shape index (κ2) is 10.1. The van der Waals surface area contributed by atoms with Crippen molar-refractivity contribution in [2.75, 3.05) is 31.1 Å². The predicted molar refractivity (Wildman–Crippen MR) is 107 cm³/mol. The van der Waals surface area contributed by atoms with Crippen LogP contribution in [-0.2, 0) is 6.54 Å². The van der Waals surface area contributed by atoms with E-state index in [1.54, 1.807) is 24.5 Å². The van der Waals surface area contributed by atoms with Crippen molar-refractivity contribution in [1.29, 1.82) is 0 Å². The van der Waals surface area contributed by atoms with Crippen LogP contribution >= 0.6 is 24.0 Å². The number of anilines is 1. The molecule has 1 saturated heterocycles. The molecule has 146 valence electrons. The van der Waals surface area contributed by atoms with Crippen molar-refractivity contribution in [1.82, 2.24) is 19.9 Å². The average Bonchev–Trinajstić information content (AvgIpc) is 2.67. The monoisotopic (exact) mass is 491 g/mol. The van der Waals surface area contributed by atoms with Gasteiger partial charge in [0, 0.05) is 50.8 Å². The summed E-state index contributed by atoms with van der Waals surface area (Å²) >= 11 is 0. The van der Waals surface area contributed by atoms with Crippen molar-refractivity contribution >= 4 is 35.9 Å². The van der Waals surface area contributed by atoms with Crippen LogP contribution in [-0.4, -0.2) is 58.6 Å². The molecule has 8 nitrogen and oxygen atoms in total. The van der Waals surface area contributed by atoms with Gasteiger partial charge in [-0.3, -0.25) is 0 Å². The minimum absolute atomic E-state index is 0. The number of nitrogens with zero attached hydrogens (tertiary/aromatic N) is 6. The topological polar surface area (TPSA) is 92.8 Å². The molecule has 27 heavy (non-hydrogen) atoms. The Bertz CT molecular complexity index is 743. The highest BCUT2D eigenvalue weighted by Gasteiger charge is 2.19. The van der Waals surface area contributed by atoms with E-state index in [0.717, 1.165) is 13.1 Å². The van der Waals surface area contributed by atoms with Crippen molar-refractivity contribution in [3.05, 3.63) is 42.4 Å². The number of rotatable bonds is 5. The number of pyridine rings is 1. The van der Waals surface area contributed by atoms with Gasteiger partial charge in [-0.1, -0.05) is 0 Å². The van der Waals surface area contributed by atoms with Gasteiger partial charge in [0.25, 0.3) is 0 Å². The van der Waals surface area contributed by atoms with Gasteiger partial charge in [0.2, 0.25) is 11.8 Å². The summed E-state index contributed by atoms with van der Waals surface area (Å²) in [7, 11) is 0. The van der Waals surface area contributed by atoms with E-state index in [0.29, 0.717) is 30.6 Å². The van der Waals surface area contributed by atoms with Crippen LogP contribution in [0.15, 0.2) is 41.8 Å². The van der Waals surface area contributed by atoms with Crippen molar-refractivity contribution in [2.24, 2.45) is 10.7 Å². The number of hydrogen-bond donors (Lipinski definition) is 1. The molecule has 0 bridgehead atoms. The lowest BCUT2D eigenvalue weighted by molar-refractivity contribution is -0.0528. The number of hydrogen-bond acceptors (Lipinski definition) is 6. The van der Waals surface area contributed by atoms with Gasteiger partial charge in [-0.2, -0.15) is 8.78 Å². The summed E-state index contributed by atoms with van der Waals surface area (Å²) in [6, 6.07) is 4.88. The largest absolute Gasteiger partial charge is 0.417 e. The zero-order chi connectivity index (χ0) is 18.4. The Kier molecular flexibility index (Phi) is 7.88. The van der Waals surface area contributed by atoms with Crippen LogP contribution in [0.1, 0.15) is 5.56 Å². The molecular weight excluding hydrogens is 471 g/mol. The van der Waals surface area contributed by atoms with Crippen molar-refractivity contribution in [3.63, 3.8) is 0 Å². The van der Waals surface area contributed by atoms with Crippen LogP contribution in [0.25, 0.3) is 0 Å². The Balaban J connectivity index is 0.00000261. The van der Waals surface area contributed by atoms with Gasteiger partial charge in [-0.25, -0.2) is 19.9 Å². The molecule has 3 heterocycles. The fourth-order valence-corrected chi connectivity index (χ4v) is 2.57. The molecule has 1 aliphatic rings. The summed E-state index contributed by atoms with van der Waals surface area (Å²) in [6.45, 7) is 0.226. The van der Waals surface area contributed by atoms with Crippen LogP contribution in [0.4, 0.5) is 14.7 Å². The number of guanidine groups is 1. The Hall–Kier alpha value is -2.31. The second-order valence-corrected chi connectivity index (χ2v) is 5.58. The maximum Gasteiger partial charge on any atom is 0.388 e. The third kappa shape index (κ3) is 6.12. The van der Waals surface area contributed by atoms with Crippen molar-refractivity contribution < 1.29 is 13.5 Å². The second-order valence-electron chi connectivity index (χ2n) is 5.58. The van der Waals surface area contributed by atoms with Gasteiger partial charge in [0.15, 0.2) is 5.96 Å². The van der Waals surface area contributed by atoms with Gasteiger partial charge in [-0.05, 0) is 17.7 Å². The molecule has 2 N–H and O–H groups in total. The average molecular weight is 491 g/mol. The van der Waals surface area contributed by atoms with E-state index in [9.17, 15) is 8.78 Å². The van der Waals surface area contributed by atoms with Crippen LogP contribution in [0, 0.1) is 0 Å². The number of alkyl halides is 2. The van der Waals surface area contributed by atoms with Crippen LogP contribution < -0.4 is 15.4 Å². The van der Waals surface area contributed by atoms with Gasteiger partial charge in [-0.15, -0.1) is 24.0 Å². The molecule has 0 unspecified atom stereocenters. The van der Waals surface area contributed by atoms with Gasteiger partial charge in [0.1, 0.15) is 0 Å². The first kappa shape index (κ1) is 21.0. The number of piperazine rings is 1. The van der Waals surface area contributed by atoms with Crippen LogP contribution in [0.5, 0.6) is 5.88 Å². The first-order chi connectivity index (χ1) is 12.6. The lowest BCUT2D eigenvalue weighted by Gasteiger charge is -2.35. The molecule has 0 saturated carbocycles. The summed E-state index contributed by atoms with van der Waals surface area (Å²) in [6.07, 6.45) is 4.83. The lowest BCUT2D eigenvalue weighted by Crippen LogP contribution is -2.51. The summed E-state index contributed by atoms with van der Waals surface area (Å²) in [5, 5.41) is 0. The summed E-state index contributed by atoms with van der Waals surface area (Å²) in [5.74, 6) is 0.973. The van der Waals surface area contributed by atoms with Crippen molar-refractivity contribution in [2.45, 2.75) is 13.2 Å². The molecule has 0 aromatic carbocycles. The fourth-order valence-electron chi connectivity index (χ4n) is 2.57. The summed E-state index contributed by atoms with van der Waals surface area (Å²) < 4.78 is 28.7. The zero-order valence-electron chi connectivity index (χ0n) is 14.4. The lowest BCUT2D eigenvalue weighted by atomic mass is 10.3. The first-order valence-corrected chi connectivity index (χ1v) is 8.08. The fraction of sp³-hybridized carbons (Fsp3) is 0.375. The maximum atomic E-state index is 12.2. The van der Waals surface area contributed by atoms with Crippen LogP contribution in [0.3, 0.4) is 0 Å². The Morgan fingerprint density at radius 2 is 1.85 bits per heavy atom. The highest BCUT2D eigenvalue weighted by atomic mass is 127. The molecule has 1 fully saturated rings. The van der Waals surface area contributed by atoms with Gasteiger partial charge < -0.3 is 20.3 Å². The SMILES string of the molecule is I.NC(=NCc1ccnc(OC(F)F)c1)N1CCN(c2ncccn2)CC1. The van der Waals surface area contributed by atoms with Crippen molar-refractivity contribution in [3.8, 4) is 5.88 Å². The highest BCUT2D eigenvalue weighted by Crippen LogP contribution is 2.14. The minimum Gasteiger partial charge on any atom is -0.417 e. The van der Waals surface area contributed by atoms with E-state index in [2.05, 4.69) is 29.6 Å². The minimum atomic E-state index is -2.91. The van der Waals surface area contributed by atoms with E-state index < -0.39 is 6.61 Å². The van der Waals surface area contributed by atoms with E-state index in [-0.39, 0.29) is 36.4 Å². The molecule has 1 aliphatic heterocycles. The molecule has 2 aromatic heterocycles. The Morgan fingerprint density at radius 3 is 2.52 bits per heavy atom. The molecule has 0 amide bonds. The third-order valence-electron chi connectivity index (χ3n) is 3.87. The zero-order valence-corrected chi connectivity index (χ0v) is 16.7. The smallest absolute Gasteiger partial charge is 0.388 e. The van der Waals surface area contributed by atoms with E-state index in [1.165, 1.54) is 12.3 Å². The number of aliphatic imine (C=N–C) groups is 1. The Labute approximate surface area is 172 Å². The van der Waals surface area contributed by atoms with E-state index >= 15 is 0 Å². The number of halogens is 3. The number of nitrogens with two attached hydrogens (primary N) is 1. The van der Waals surface area contributed by atoms with Gasteiger partial charge in [0.05, 0.1) is 6.54 Å². The summed E-state index contributed by atoms with van der Waals surface area (Å²) in [5.41, 5.74) is 6.75. The van der Waals surface area contributed by atoms with E-state index in [4.69, 9.17) is 5.73 Å². The van der Waals surface area contributed by atoms with Gasteiger partial charge >= 0.3 is 6.61 Å². The molecule has 0 radical (unpaired) electrons. The molecule has 0 aliphatic carbocycles. The Morgan fingerprint density at radius 1 is 1.15 bits per heavy atom. The highest BCUT2D eigenvalue weighted by molar-refractivity contribution is 14.0. The van der Waals surface area contributed by atoms with E-state index in [1.807, 2.05) is 4.90 Å². The summed E-state index contributed by atoms with van der Waals surface area (Å²) in [4.78, 5) is 20.6. The van der Waals surface area contributed by atoms with Crippen LogP contribution in [0.2, 0.25) is 0 Å². The third-order valence-corrected chi connectivity index (χ3v) is 3.87. The number of aromatic nitrogens is 3. The predicted octanol–water partition coefficient (Wildman–Crippen LogP) is 1.73. The molecule has 2 aromatic rings. The number of ether oxygens (including phenoxy) is 1. The standard InChI is InChI=1S/C16H19F2N7O.HI/c17-14(18)26-13-10-12(2-5-20-13)11-23-15(19)24-6-8-25(9-7-24)16-21-3-1-4-22-16;/h1-5,10,14H,6-9,11H2,(H2,19,23);1H. The molecule has 3 rings (SSSR count).